The summed E-state index contributed by atoms with van der Waals surface area (Å²) in [5.74, 6) is -0.829. The first-order chi connectivity index (χ1) is 15.6. The number of carbonyl (C=O) groups is 2. The van der Waals surface area contributed by atoms with Crippen LogP contribution in [0.5, 0.6) is 0 Å². The minimum atomic E-state index is -4.66. The molecule has 0 spiro atoms. The van der Waals surface area contributed by atoms with Gasteiger partial charge in [0.05, 0.1) is 16.1 Å². The van der Waals surface area contributed by atoms with Crippen molar-refractivity contribution < 1.29 is 27.5 Å². The van der Waals surface area contributed by atoms with E-state index in [2.05, 4.69) is 5.32 Å². The fourth-order valence-electron chi connectivity index (χ4n) is 2.67. The van der Waals surface area contributed by atoms with E-state index >= 15 is 0 Å². The molecule has 10 heteroatoms. The number of rotatable bonds is 7. The molecule has 0 fully saturated rings. The van der Waals surface area contributed by atoms with Crippen molar-refractivity contribution in [3.05, 3.63) is 93.5 Å². The molecule has 0 aliphatic heterocycles. The number of carbonyl (C=O) groups excluding carboxylic acids is 2. The first kappa shape index (κ1) is 25.0. The van der Waals surface area contributed by atoms with Gasteiger partial charge in [-0.2, -0.15) is 13.2 Å². The van der Waals surface area contributed by atoms with Crippen LogP contribution in [0.4, 0.5) is 18.9 Å². The van der Waals surface area contributed by atoms with Crippen molar-refractivity contribution in [2.24, 2.45) is 0 Å². The third-order valence-corrected chi connectivity index (χ3v) is 5.96. The molecule has 0 aliphatic carbocycles. The maximum atomic E-state index is 12.9. The second kappa shape index (κ2) is 11.0. The average molecular weight is 514 g/mol. The SMILES string of the molecule is O=C(COC(=O)c1ccc(CSc2ccc(Cl)cc2)cc1)Nc1ccc(Cl)c(C(F)(F)F)c1. The lowest BCUT2D eigenvalue weighted by Crippen LogP contribution is -2.21. The van der Waals surface area contributed by atoms with Crippen LogP contribution >= 0.6 is 35.0 Å². The molecule has 172 valence electrons. The topological polar surface area (TPSA) is 55.4 Å². The normalized spacial score (nSPS) is 11.2. The van der Waals surface area contributed by atoms with Crippen molar-refractivity contribution in [1.82, 2.24) is 0 Å². The molecule has 0 heterocycles. The standard InChI is InChI=1S/C23H16Cl2F3NO3S/c24-16-5-8-18(9-6-16)33-13-14-1-3-15(4-2-14)22(31)32-12-21(30)29-17-7-10-20(25)19(11-17)23(26,27)28/h1-11H,12-13H2,(H,29,30). The van der Waals surface area contributed by atoms with Crippen LogP contribution in [0.25, 0.3) is 0 Å². The Hall–Kier alpha value is -2.68. The van der Waals surface area contributed by atoms with Crippen molar-refractivity contribution in [3.8, 4) is 0 Å². The lowest BCUT2D eigenvalue weighted by atomic mass is 10.1. The zero-order valence-electron chi connectivity index (χ0n) is 16.8. The van der Waals surface area contributed by atoms with Crippen LogP contribution in [-0.4, -0.2) is 18.5 Å². The molecule has 3 rings (SSSR count). The van der Waals surface area contributed by atoms with E-state index in [-0.39, 0.29) is 11.3 Å². The summed E-state index contributed by atoms with van der Waals surface area (Å²) in [6.07, 6.45) is -4.66. The molecule has 0 aliphatic rings. The van der Waals surface area contributed by atoms with Gasteiger partial charge in [-0.1, -0.05) is 35.3 Å². The second-order valence-electron chi connectivity index (χ2n) is 6.76. The highest BCUT2D eigenvalue weighted by molar-refractivity contribution is 7.98. The number of alkyl halides is 3. The Balaban J connectivity index is 1.50. The number of ether oxygens (including phenoxy) is 1. The first-order valence-corrected chi connectivity index (χ1v) is 11.2. The lowest BCUT2D eigenvalue weighted by molar-refractivity contribution is -0.137. The van der Waals surface area contributed by atoms with Gasteiger partial charge in [0.25, 0.3) is 5.91 Å². The summed E-state index contributed by atoms with van der Waals surface area (Å²) in [6.45, 7) is -0.656. The molecule has 3 aromatic carbocycles. The number of esters is 1. The molecule has 1 N–H and O–H groups in total. The predicted molar refractivity (Wildman–Crippen MR) is 123 cm³/mol. The molecule has 0 saturated carbocycles. The molecule has 0 radical (unpaired) electrons. The highest BCUT2D eigenvalue weighted by Gasteiger charge is 2.33. The summed E-state index contributed by atoms with van der Waals surface area (Å²) in [5, 5.41) is 2.43. The van der Waals surface area contributed by atoms with Gasteiger partial charge in [0.1, 0.15) is 0 Å². The molecule has 0 aromatic heterocycles. The smallest absolute Gasteiger partial charge is 0.417 e. The maximum Gasteiger partial charge on any atom is 0.417 e. The van der Waals surface area contributed by atoms with Gasteiger partial charge in [0, 0.05) is 21.4 Å². The van der Waals surface area contributed by atoms with Crippen LogP contribution in [0.3, 0.4) is 0 Å². The van der Waals surface area contributed by atoms with E-state index in [1.165, 1.54) is 6.07 Å². The van der Waals surface area contributed by atoms with E-state index in [1.54, 1.807) is 48.2 Å². The number of hydrogen-bond acceptors (Lipinski definition) is 4. The molecular formula is C23H16Cl2F3NO3S. The van der Waals surface area contributed by atoms with Gasteiger partial charge in [0.15, 0.2) is 6.61 Å². The number of thioether (sulfide) groups is 1. The predicted octanol–water partition coefficient (Wildman–Crippen LogP) is 7.10. The Bertz CT molecular complexity index is 1140. The van der Waals surface area contributed by atoms with Crippen LogP contribution in [0.1, 0.15) is 21.5 Å². The lowest BCUT2D eigenvalue weighted by Gasteiger charge is -2.12. The van der Waals surface area contributed by atoms with Crippen LogP contribution in [0.2, 0.25) is 10.0 Å². The Morgan fingerprint density at radius 3 is 2.24 bits per heavy atom. The van der Waals surface area contributed by atoms with Crippen molar-refractivity contribution in [1.29, 1.82) is 0 Å². The zero-order valence-corrected chi connectivity index (χ0v) is 19.1. The van der Waals surface area contributed by atoms with E-state index in [4.69, 9.17) is 27.9 Å². The number of nitrogens with one attached hydrogen (secondary N) is 1. The number of anilines is 1. The van der Waals surface area contributed by atoms with E-state index < -0.39 is 35.2 Å². The van der Waals surface area contributed by atoms with E-state index in [9.17, 15) is 22.8 Å². The Morgan fingerprint density at radius 2 is 1.61 bits per heavy atom. The van der Waals surface area contributed by atoms with Gasteiger partial charge in [0.2, 0.25) is 0 Å². The van der Waals surface area contributed by atoms with Gasteiger partial charge < -0.3 is 10.1 Å². The van der Waals surface area contributed by atoms with Crippen LogP contribution in [0.15, 0.2) is 71.6 Å². The molecule has 3 aromatic rings. The summed E-state index contributed by atoms with van der Waals surface area (Å²) in [4.78, 5) is 25.2. The van der Waals surface area contributed by atoms with Crippen molar-refractivity contribution in [3.63, 3.8) is 0 Å². The number of hydrogen-bond donors (Lipinski definition) is 1. The van der Waals surface area contributed by atoms with E-state index in [1.807, 2.05) is 12.1 Å². The molecule has 33 heavy (non-hydrogen) atoms. The molecule has 4 nitrogen and oxygen atoms in total. The van der Waals surface area contributed by atoms with Crippen LogP contribution < -0.4 is 5.32 Å². The highest BCUT2D eigenvalue weighted by Crippen LogP contribution is 2.36. The minimum Gasteiger partial charge on any atom is -0.452 e. The number of halogens is 5. The monoisotopic (exact) mass is 513 g/mol. The summed E-state index contributed by atoms with van der Waals surface area (Å²) < 4.78 is 43.7. The minimum absolute atomic E-state index is 0.115. The molecule has 0 unspecified atom stereocenters. The van der Waals surface area contributed by atoms with Crippen molar-refractivity contribution in [2.45, 2.75) is 16.8 Å². The Labute approximate surface area is 202 Å². The molecule has 1 amide bonds. The Morgan fingerprint density at radius 1 is 0.939 bits per heavy atom. The van der Waals surface area contributed by atoms with Crippen LogP contribution in [0, 0.1) is 0 Å². The zero-order chi connectivity index (χ0) is 24.0. The third-order valence-electron chi connectivity index (χ3n) is 4.30. The quantitative estimate of drug-likeness (QED) is 0.270. The van der Waals surface area contributed by atoms with Gasteiger partial charge in [-0.25, -0.2) is 4.79 Å². The molecular weight excluding hydrogens is 498 g/mol. The highest BCUT2D eigenvalue weighted by atomic mass is 35.5. The fraction of sp³-hybridized carbons (Fsp3) is 0.130. The van der Waals surface area contributed by atoms with Crippen molar-refractivity contribution >= 4 is 52.5 Å². The van der Waals surface area contributed by atoms with Crippen molar-refractivity contribution in [2.75, 3.05) is 11.9 Å². The summed E-state index contributed by atoms with van der Waals surface area (Å²) in [7, 11) is 0. The fourth-order valence-corrected chi connectivity index (χ4v) is 3.87. The third kappa shape index (κ3) is 7.42. The van der Waals surface area contributed by atoms with E-state index in [0.29, 0.717) is 16.8 Å². The second-order valence-corrected chi connectivity index (χ2v) is 8.65. The average Bonchev–Trinajstić information content (AvgIpc) is 2.78. The number of amides is 1. The summed E-state index contributed by atoms with van der Waals surface area (Å²) in [5.41, 5.74) is 0.0323. The van der Waals surface area contributed by atoms with Crippen LogP contribution in [-0.2, 0) is 21.5 Å². The van der Waals surface area contributed by atoms with Gasteiger partial charge in [-0.05, 0) is 60.2 Å². The molecule has 0 atom stereocenters. The molecule has 0 bridgehead atoms. The summed E-state index contributed by atoms with van der Waals surface area (Å²) in [6, 6.07) is 17.1. The largest absolute Gasteiger partial charge is 0.452 e. The summed E-state index contributed by atoms with van der Waals surface area (Å²) >= 11 is 13.0. The number of benzene rings is 3. The van der Waals surface area contributed by atoms with Gasteiger partial charge in [-0.3, -0.25) is 4.79 Å². The maximum absolute atomic E-state index is 12.9. The Kier molecular flexibility index (Phi) is 8.29. The van der Waals surface area contributed by atoms with Gasteiger partial charge >= 0.3 is 12.1 Å². The first-order valence-electron chi connectivity index (χ1n) is 9.43. The van der Waals surface area contributed by atoms with E-state index in [0.717, 1.165) is 16.5 Å². The van der Waals surface area contributed by atoms with Gasteiger partial charge in [-0.15, -0.1) is 11.8 Å². The molecule has 0 saturated heterocycles.